The summed E-state index contributed by atoms with van der Waals surface area (Å²) < 4.78 is 0. The molecule has 0 aromatic heterocycles. The topological polar surface area (TPSA) is 38.0 Å². The normalized spacial score (nSPS) is 12.5. The average molecular weight is 214 g/mol. The number of nitrogen functional groups attached to an aromatic ring is 1. The molecule has 74 valence electrons. The first-order chi connectivity index (χ1) is 7.34. The van der Waals surface area contributed by atoms with Gasteiger partial charge in [-0.1, -0.05) is 30.0 Å². The van der Waals surface area contributed by atoms with Crippen LogP contribution < -0.4 is 11.1 Å². The molecular weight excluding hydrogens is 204 g/mol. The quantitative estimate of drug-likeness (QED) is 0.563. The van der Waals surface area contributed by atoms with Crippen molar-refractivity contribution in [3.8, 4) is 0 Å². The van der Waals surface area contributed by atoms with Crippen LogP contribution in [-0.4, -0.2) is 0 Å². The van der Waals surface area contributed by atoms with Gasteiger partial charge in [-0.2, -0.15) is 0 Å². The molecule has 2 nitrogen and oxygen atoms in total. The number of hydrogen-bond acceptors (Lipinski definition) is 3. The van der Waals surface area contributed by atoms with Crippen molar-refractivity contribution in [2.45, 2.75) is 9.79 Å². The summed E-state index contributed by atoms with van der Waals surface area (Å²) in [6.07, 6.45) is 0. The Morgan fingerprint density at radius 3 is 2.67 bits per heavy atom. The largest absolute Gasteiger partial charge is 0.397 e. The zero-order chi connectivity index (χ0) is 10.3. The molecule has 1 aliphatic rings. The van der Waals surface area contributed by atoms with Gasteiger partial charge in [-0.05, 0) is 24.3 Å². The van der Waals surface area contributed by atoms with Crippen molar-refractivity contribution < 1.29 is 0 Å². The molecule has 2 aromatic carbocycles. The number of nitrogens with two attached hydrogens (primary N) is 1. The minimum absolute atomic E-state index is 0.800. The summed E-state index contributed by atoms with van der Waals surface area (Å²) in [5, 5.41) is 3.36. The van der Waals surface area contributed by atoms with Gasteiger partial charge in [-0.15, -0.1) is 0 Å². The fraction of sp³-hybridized carbons (Fsp3) is 0. The van der Waals surface area contributed by atoms with Gasteiger partial charge in [0.1, 0.15) is 0 Å². The van der Waals surface area contributed by atoms with Gasteiger partial charge in [0.05, 0.1) is 17.1 Å². The van der Waals surface area contributed by atoms with Gasteiger partial charge in [0, 0.05) is 9.79 Å². The van der Waals surface area contributed by atoms with Gasteiger partial charge in [0.2, 0.25) is 0 Å². The molecule has 3 heteroatoms. The molecule has 3 rings (SSSR count). The van der Waals surface area contributed by atoms with E-state index in [-0.39, 0.29) is 0 Å². The van der Waals surface area contributed by atoms with Crippen molar-refractivity contribution >= 4 is 28.8 Å². The maximum atomic E-state index is 5.92. The minimum Gasteiger partial charge on any atom is -0.397 e. The molecule has 15 heavy (non-hydrogen) atoms. The third-order valence-corrected chi connectivity index (χ3v) is 3.56. The molecule has 0 spiro atoms. The first-order valence-corrected chi connectivity index (χ1v) is 5.58. The van der Waals surface area contributed by atoms with Gasteiger partial charge in [0.25, 0.3) is 0 Å². The first-order valence-electron chi connectivity index (χ1n) is 4.77. The molecule has 0 saturated heterocycles. The van der Waals surface area contributed by atoms with Gasteiger partial charge >= 0.3 is 0 Å². The average Bonchev–Trinajstić information content (AvgIpc) is 2.27. The summed E-state index contributed by atoms with van der Waals surface area (Å²) in [5.41, 5.74) is 8.88. The van der Waals surface area contributed by atoms with E-state index in [9.17, 15) is 0 Å². The highest BCUT2D eigenvalue weighted by atomic mass is 32.2. The molecule has 0 radical (unpaired) electrons. The predicted octanol–water partition coefficient (Wildman–Crippen LogP) is 3.48. The smallest absolute Gasteiger partial charge is 0.0759 e. The number of benzene rings is 2. The second-order valence-corrected chi connectivity index (χ2v) is 4.53. The van der Waals surface area contributed by atoms with Gasteiger partial charge in [-0.25, -0.2) is 0 Å². The number of nitrogens with one attached hydrogen (secondary N) is 1. The molecular formula is C12H10N2S. The van der Waals surface area contributed by atoms with Crippen molar-refractivity contribution in [2.75, 3.05) is 11.1 Å². The van der Waals surface area contributed by atoms with Crippen LogP contribution in [0.2, 0.25) is 0 Å². The molecule has 0 bridgehead atoms. The molecule has 0 fully saturated rings. The Labute approximate surface area is 92.5 Å². The highest BCUT2D eigenvalue weighted by Crippen LogP contribution is 2.45. The van der Waals surface area contributed by atoms with Crippen molar-refractivity contribution in [3.05, 3.63) is 42.5 Å². The molecule has 0 amide bonds. The lowest BCUT2D eigenvalue weighted by molar-refractivity contribution is 1.32. The number of fused-ring (bicyclic) bond motifs is 2. The fourth-order valence-corrected chi connectivity index (χ4v) is 2.71. The maximum absolute atomic E-state index is 5.92. The lowest BCUT2D eigenvalue weighted by atomic mass is 10.2. The molecule has 1 aliphatic heterocycles. The van der Waals surface area contributed by atoms with E-state index in [4.69, 9.17) is 5.73 Å². The number of para-hydroxylation sites is 2. The van der Waals surface area contributed by atoms with Crippen LogP contribution in [-0.2, 0) is 0 Å². The lowest BCUT2D eigenvalue weighted by Crippen LogP contribution is -2.02. The summed E-state index contributed by atoms with van der Waals surface area (Å²) in [6.45, 7) is 0. The van der Waals surface area contributed by atoms with Crippen LogP contribution in [0, 0.1) is 0 Å². The molecule has 0 aliphatic carbocycles. The Morgan fingerprint density at radius 2 is 1.73 bits per heavy atom. The SMILES string of the molecule is Nc1cccc2c1Nc1ccccc1S2. The number of rotatable bonds is 0. The summed E-state index contributed by atoms with van der Waals surface area (Å²) >= 11 is 1.75. The summed E-state index contributed by atoms with van der Waals surface area (Å²) in [6, 6.07) is 14.2. The molecule has 0 saturated carbocycles. The molecule has 3 N–H and O–H groups in total. The van der Waals surface area contributed by atoms with E-state index in [1.807, 2.05) is 24.3 Å². The van der Waals surface area contributed by atoms with E-state index < -0.39 is 0 Å². The Balaban J connectivity index is 2.15. The van der Waals surface area contributed by atoms with Crippen molar-refractivity contribution in [1.82, 2.24) is 0 Å². The van der Waals surface area contributed by atoms with Crippen LogP contribution in [0.15, 0.2) is 52.3 Å². The number of anilines is 3. The Kier molecular flexibility index (Phi) is 1.86. The van der Waals surface area contributed by atoms with E-state index in [2.05, 4.69) is 23.5 Å². The minimum atomic E-state index is 0.800. The fourth-order valence-electron chi connectivity index (χ4n) is 1.68. The Hall–Kier alpha value is -1.61. The highest BCUT2D eigenvalue weighted by Gasteiger charge is 2.16. The van der Waals surface area contributed by atoms with E-state index >= 15 is 0 Å². The Morgan fingerprint density at radius 1 is 0.933 bits per heavy atom. The first kappa shape index (κ1) is 8.68. The van der Waals surface area contributed by atoms with Gasteiger partial charge in [-0.3, -0.25) is 0 Å². The molecule has 0 atom stereocenters. The molecule has 0 unspecified atom stereocenters. The second kappa shape index (κ2) is 3.21. The maximum Gasteiger partial charge on any atom is 0.0759 e. The van der Waals surface area contributed by atoms with Crippen LogP contribution in [0.5, 0.6) is 0 Å². The van der Waals surface area contributed by atoms with E-state index in [1.54, 1.807) is 11.8 Å². The summed E-state index contributed by atoms with van der Waals surface area (Å²) in [5.74, 6) is 0. The monoisotopic (exact) mass is 214 g/mol. The van der Waals surface area contributed by atoms with Gasteiger partial charge in [0.15, 0.2) is 0 Å². The summed E-state index contributed by atoms with van der Waals surface area (Å²) in [7, 11) is 0. The van der Waals surface area contributed by atoms with Crippen LogP contribution in [0.25, 0.3) is 0 Å². The third kappa shape index (κ3) is 1.36. The van der Waals surface area contributed by atoms with Crippen molar-refractivity contribution in [3.63, 3.8) is 0 Å². The zero-order valence-electron chi connectivity index (χ0n) is 8.03. The highest BCUT2D eigenvalue weighted by molar-refractivity contribution is 7.99. The summed E-state index contributed by atoms with van der Waals surface area (Å²) in [4.78, 5) is 2.43. The zero-order valence-corrected chi connectivity index (χ0v) is 8.84. The standard InChI is InChI=1S/C12H10N2S/c13-8-4-3-7-11-12(8)14-9-5-1-2-6-10(9)15-11/h1-7,14H,13H2. The molecule has 2 aromatic rings. The lowest BCUT2D eigenvalue weighted by Gasteiger charge is -2.21. The third-order valence-electron chi connectivity index (χ3n) is 2.43. The van der Waals surface area contributed by atoms with E-state index in [0.717, 1.165) is 17.1 Å². The van der Waals surface area contributed by atoms with Crippen LogP contribution in [0.3, 0.4) is 0 Å². The van der Waals surface area contributed by atoms with Crippen molar-refractivity contribution in [2.24, 2.45) is 0 Å². The van der Waals surface area contributed by atoms with Crippen LogP contribution in [0.4, 0.5) is 17.1 Å². The Bertz CT molecular complexity index is 523. The molecule has 1 heterocycles. The predicted molar refractivity (Wildman–Crippen MR) is 64.7 cm³/mol. The van der Waals surface area contributed by atoms with Crippen LogP contribution >= 0.6 is 11.8 Å². The second-order valence-electron chi connectivity index (χ2n) is 3.44. The van der Waals surface area contributed by atoms with E-state index in [0.29, 0.717) is 0 Å². The van der Waals surface area contributed by atoms with Crippen LogP contribution in [0.1, 0.15) is 0 Å². The number of hydrogen-bond donors (Lipinski definition) is 2. The van der Waals surface area contributed by atoms with Crippen molar-refractivity contribution in [1.29, 1.82) is 0 Å². The van der Waals surface area contributed by atoms with E-state index in [1.165, 1.54) is 9.79 Å². The van der Waals surface area contributed by atoms with Gasteiger partial charge < -0.3 is 11.1 Å².